The van der Waals surface area contributed by atoms with Gasteiger partial charge in [0.2, 0.25) is 0 Å². The number of morpholine rings is 1. The molecule has 2 unspecified atom stereocenters. The highest BCUT2D eigenvalue weighted by molar-refractivity contribution is 7.11. The number of thiophene rings is 1. The number of guanidine groups is 1. The zero-order chi connectivity index (χ0) is 19.9. The Hall–Kier alpha value is -1.48. The van der Waals surface area contributed by atoms with Crippen LogP contribution in [0.4, 0.5) is 0 Å². The lowest BCUT2D eigenvalue weighted by Crippen LogP contribution is -2.48. The molecule has 2 N–H and O–H groups in total. The molecule has 1 aliphatic rings. The number of aromatic nitrogens is 1. The first-order valence-electron chi connectivity index (χ1n) is 9.91. The summed E-state index contributed by atoms with van der Waals surface area (Å²) in [4.78, 5) is 14.5. The quantitative estimate of drug-likeness (QED) is 0.530. The summed E-state index contributed by atoms with van der Waals surface area (Å²) in [6, 6.07) is 4.67. The van der Waals surface area contributed by atoms with E-state index in [1.54, 1.807) is 11.3 Å². The van der Waals surface area contributed by atoms with E-state index in [1.807, 2.05) is 11.3 Å². The molecule has 1 fully saturated rings. The highest BCUT2D eigenvalue weighted by Crippen LogP contribution is 2.26. The van der Waals surface area contributed by atoms with Gasteiger partial charge in [0, 0.05) is 35.9 Å². The summed E-state index contributed by atoms with van der Waals surface area (Å²) < 4.78 is 5.74. The van der Waals surface area contributed by atoms with Crippen molar-refractivity contribution in [1.82, 2.24) is 20.5 Å². The Kier molecular flexibility index (Phi) is 7.84. The Labute approximate surface area is 176 Å². The summed E-state index contributed by atoms with van der Waals surface area (Å²) in [5, 5.41) is 10.1. The van der Waals surface area contributed by atoms with Crippen LogP contribution >= 0.6 is 22.7 Å². The number of ether oxygens (including phenoxy) is 1. The standard InChI is InChI=1S/C20H31N5OS2/c1-5-21-20(23-12-19-24-15(3)16(4)28-19)22-11-17(18-7-6-10-27-18)25-8-9-26-14(2)13-25/h6-7,10,14,17H,5,8-9,11-13H2,1-4H3,(H2,21,22,23). The second kappa shape index (κ2) is 10.3. The van der Waals surface area contributed by atoms with Crippen molar-refractivity contribution in [3.8, 4) is 0 Å². The average Bonchev–Trinajstić information content (AvgIpc) is 3.30. The van der Waals surface area contributed by atoms with Crippen molar-refractivity contribution in [2.75, 3.05) is 32.8 Å². The first-order valence-corrected chi connectivity index (χ1v) is 11.6. The third-order valence-electron chi connectivity index (χ3n) is 4.84. The molecule has 0 spiro atoms. The molecule has 28 heavy (non-hydrogen) atoms. The summed E-state index contributed by atoms with van der Waals surface area (Å²) in [6.07, 6.45) is 0.273. The summed E-state index contributed by atoms with van der Waals surface area (Å²) >= 11 is 3.54. The smallest absolute Gasteiger partial charge is 0.191 e. The fourth-order valence-corrected chi connectivity index (χ4v) is 5.03. The van der Waals surface area contributed by atoms with E-state index < -0.39 is 0 Å². The fraction of sp³-hybridized carbons (Fsp3) is 0.600. The minimum atomic E-state index is 0.273. The summed E-state index contributed by atoms with van der Waals surface area (Å²) in [6.45, 7) is 13.4. The summed E-state index contributed by atoms with van der Waals surface area (Å²) in [5.74, 6) is 0.843. The molecule has 0 aliphatic carbocycles. The second-order valence-electron chi connectivity index (χ2n) is 7.03. The molecule has 0 radical (unpaired) electrons. The molecule has 0 bridgehead atoms. The van der Waals surface area contributed by atoms with Gasteiger partial charge in [-0.1, -0.05) is 6.07 Å². The van der Waals surface area contributed by atoms with Gasteiger partial charge >= 0.3 is 0 Å². The number of aliphatic imine (C=N–C) groups is 1. The normalized spacial score (nSPS) is 19.6. The molecule has 3 heterocycles. The number of hydrogen-bond donors (Lipinski definition) is 2. The Morgan fingerprint density at radius 1 is 1.43 bits per heavy atom. The maximum atomic E-state index is 5.74. The van der Waals surface area contributed by atoms with E-state index in [0.29, 0.717) is 12.6 Å². The van der Waals surface area contributed by atoms with E-state index in [9.17, 15) is 0 Å². The van der Waals surface area contributed by atoms with Crippen LogP contribution in [0.5, 0.6) is 0 Å². The van der Waals surface area contributed by atoms with E-state index in [2.05, 4.69) is 65.7 Å². The van der Waals surface area contributed by atoms with E-state index in [4.69, 9.17) is 9.73 Å². The average molecular weight is 422 g/mol. The topological polar surface area (TPSA) is 61.8 Å². The first-order chi connectivity index (χ1) is 13.6. The van der Waals surface area contributed by atoms with Crippen LogP contribution in [0.3, 0.4) is 0 Å². The maximum absolute atomic E-state index is 5.74. The largest absolute Gasteiger partial charge is 0.376 e. The number of rotatable bonds is 7. The van der Waals surface area contributed by atoms with Crippen molar-refractivity contribution < 1.29 is 4.74 Å². The SMILES string of the molecule is CCNC(=NCc1nc(C)c(C)s1)NCC(c1cccs1)N1CCOC(C)C1. The molecule has 6 nitrogen and oxygen atoms in total. The first kappa shape index (κ1) is 21.2. The summed E-state index contributed by atoms with van der Waals surface area (Å²) in [5.41, 5.74) is 1.10. The van der Waals surface area contributed by atoms with Crippen LogP contribution in [0.2, 0.25) is 0 Å². The molecule has 1 aliphatic heterocycles. The highest BCUT2D eigenvalue weighted by Gasteiger charge is 2.26. The lowest BCUT2D eigenvalue weighted by Gasteiger charge is -2.37. The van der Waals surface area contributed by atoms with Gasteiger partial charge < -0.3 is 15.4 Å². The highest BCUT2D eigenvalue weighted by atomic mass is 32.1. The molecule has 2 atom stereocenters. The zero-order valence-electron chi connectivity index (χ0n) is 17.2. The molecular formula is C20H31N5OS2. The van der Waals surface area contributed by atoms with Gasteiger partial charge in [0.15, 0.2) is 5.96 Å². The van der Waals surface area contributed by atoms with E-state index in [-0.39, 0.29) is 6.10 Å². The third-order valence-corrected chi connectivity index (χ3v) is 6.87. The Balaban J connectivity index is 1.67. The van der Waals surface area contributed by atoms with Crippen molar-refractivity contribution in [2.45, 2.75) is 46.4 Å². The van der Waals surface area contributed by atoms with Crippen LogP contribution < -0.4 is 10.6 Å². The van der Waals surface area contributed by atoms with Crippen LogP contribution in [-0.2, 0) is 11.3 Å². The van der Waals surface area contributed by atoms with Gasteiger partial charge in [-0.2, -0.15) is 0 Å². The lowest BCUT2D eigenvalue weighted by molar-refractivity contribution is -0.0334. The van der Waals surface area contributed by atoms with Crippen LogP contribution in [0.15, 0.2) is 22.5 Å². The van der Waals surface area contributed by atoms with Gasteiger partial charge in [-0.15, -0.1) is 22.7 Å². The Morgan fingerprint density at radius 2 is 2.29 bits per heavy atom. The van der Waals surface area contributed by atoms with Crippen molar-refractivity contribution in [3.63, 3.8) is 0 Å². The number of hydrogen-bond acceptors (Lipinski definition) is 6. The van der Waals surface area contributed by atoms with Crippen LogP contribution in [0.25, 0.3) is 0 Å². The minimum absolute atomic E-state index is 0.273. The van der Waals surface area contributed by atoms with Crippen molar-refractivity contribution in [3.05, 3.63) is 38.0 Å². The third kappa shape index (κ3) is 5.76. The number of nitrogens with one attached hydrogen (secondary N) is 2. The molecule has 2 aromatic heterocycles. The van der Waals surface area contributed by atoms with Gasteiger partial charge in [-0.3, -0.25) is 4.90 Å². The van der Waals surface area contributed by atoms with Gasteiger partial charge in [0.1, 0.15) is 5.01 Å². The molecule has 8 heteroatoms. The van der Waals surface area contributed by atoms with Crippen molar-refractivity contribution in [2.24, 2.45) is 4.99 Å². The molecule has 0 saturated carbocycles. The van der Waals surface area contributed by atoms with Gasteiger partial charge in [-0.05, 0) is 39.1 Å². The Morgan fingerprint density at radius 3 is 2.93 bits per heavy atom. The van der Waals surface area contributed by atoms with Gasteiger partial charge in [0.25, 0.3) is 0 Å². The van der Waals surface area contributed by atoms with Crippen LogP contribution in [0, 0.1) is 13.8 Å². The van der Waals surface area contributed by atoms with Crippen LogP contribution in [0.1, 0.15) is 40.3 Å². The molecule has 3 rings (SSSR count). The van der Waals surface area contributed by atoms with Crippen molar-refractivity contribution in [1.29, 1.82) is 0 Å². The maximum Gasteiger partial charge on any atom is 0.191 e. The lowest BCUT2D eigenvalue weighted by atomic mass is 10.1. The molecule has 0 aromatic carbocycles. The fourth-order valence-electron chi connectivity index (χ4n) is 3.31. The van der Waals surface area contributed by atoms with E-state index >= 15 is 0 Å². The monoisotopic (exact) mass is 421 g/mol. The molecule has 0 amide bonds. The zero-order valence-corrected chi connectivity index (χ0v) is 18.8. The predicted octanol–water partition coefficient (Wildman–Crippen LogP) is 3.34. The molecule has 2 aromatic rings. The van der Waals surface area contributed by atoms with Gasteiger partial charge in [0.05, 0.1) is 31.0 Å². The number of nitrogens with zero attached hydrogens (tertiary/aromatic N) is 3. The molecule has 154 valence electrons. The number of aryl methyl sites for hydroxylation is 2. The van der Waals surface area contributed by atoms with E-state index in [1.165, 1.54) is 9.75 Å². The van der Waals surface area contributed by atoms with Crippen LogP contribution in [-0.4, -0.2) is 54.7 Å². The second-order valence-corrected chi connectivity index (χ2v) is 9.30. The number of thiazole rings is 1. The molecule has 1 saturated heterocycles. The summed E-state index contributed by atoms with van der Waals surface area (Å²) in [7, 11) is 0. The van der Waals surface area contributed by atoms with Crippen molar-refractivity contribution >= 4 is 28.6 Å². The van der Waals surface area contributed by atoms with E-state index in [0.717, 1.165) is 49.4 Å². The molecular weight excluding hydrogens is 390 g/mol. The predicted molar refractivity (Wildman–Crippen MR) is 118 cm³/mol. The minimum Gasteiger partial charge on any atom is -0.376 e. The Bertz CT molecular complexity index is 739. The van der Waals surface area contributed by atoms with Gasteiger partial charge in [-0.25, -0.2) is 9.98 Å².